The van der Waals surface area contributed by atoms with Crippen molar-refractivity contribution in [2.45, 2.75) is 78.2 Å². The third kappa shape index (κ3) is 21.5. The lowest BCUT2D eigenvalue weighted by Gasteiger charge is -2.30. The van der Waals surface area contributed by atoms with Crippen LogP contribution in [0.5, 0.6) is 0 Å². The molecule has 0 amide bonds. The lowest BCUT2D eigenvalue weighted by Crippen LogP contribution is -2.48. The number of nitrogens with zero attached hydrogens (tertiary/aromatic N) is 1. The fourth-order valence-electron chi connectivity index (χ4n) is 7.37. The first kappa shape index (κ1) is 65.9. The van der Waals surface area contributed by atoms with Crippen molar-refractivity contribution >= 4 is 68.6 Å². The summed E-state index contributed by atoms with van der Waals surface area (Å²) in [7, 11) is -7.26. The van der Waals surface area contributed by atoms with Gasteiger partial charge in [-0.1, -0.05) is 111 Å². The Kier molecular flexibility index (Phi) is 24.3. The predicted octanol–water partition coefficient (Wildman–Crippen LogP) is 7.96. The van der Waals surface area contributed by atoms with Gasteiger partial charge in [0.1, 0.15) is 20.3 Å². The summed E-state index contributed by atoms with van der Waals surface area (Å²) in [6.45, 7) is 9.50. The molecule has 0 aliphatic carbocycles. The van der Waals surface area contributed by atoms with Crippen LogP contribution < -0.4 is 0 Å². The highest BCUT2D eigenvalue weighted by Gasteiger charge is 2.41. The minimum atomic E-state index is -4.26. The van der Waals surface area contributed by atoms with Crippen LogP contribution in [0, 0.1) is 41.5 Å². The van der Waals surface area contributed by atoms with Crippen LogP contribution in [0.15, 0.2) is 151 Å². The van der Waals surface area contributed by atoms with E-state index in [0.717, 1.165) is 52.1 Å². The molecule has 0 bridgehead atoms. The number of esters is 6. The van der Waals surface area contributed by atoms with E-state index in [4.69, 9.17) is 41.6 Å². The van der Waals surface area contributed by atoms with Gasteiger partial charge in [0, 0.05) is 0 Å². The Hall–Kier alpha value is -8.90. The molecular formula is C61H63NO20S2. The fraction of sp³-hybridized carbons (Fsp3) is 0.279. The van der Waals surface area contributed by atoms with E-state index < -0.39 is 106 Å². The number of hydrogen-bond acceptors (Lipinski definition) is 21. The van der Waals surface area contributed by atoms with E-state index >= 15 is 0 Å². The van der Waals surface area contributed by atoms with Gasteiger partial charge in [-0.05, 0) is 114 Å². The number of benzene rings is 6. The summed E-state index contributed by atoms with van der Waals surface area (Å²) in [5.41, 5.74) is 6.13. The zero-order chi connectivity index (χ0) is 61.7. The van der Waals surface area contributed by atoms with Gasteiger partial charge in [0.25, 0.3) is 20.2 Å². The molecule has 0 saturated carbocycles. The Labute approximate surface area is 487 Å². The minimum Gasteiger partial charge on any atom is -0.459 e. The van der Waals surface area contributed by atoms with Crippen LogP contribution in [-0.2, 0) is 66.7 Å². The average molecular weight is 1190 g/mol. The molecule has 0 aromatic heterocycles. The van der Waals surface area contributed by atoms with Gasteiger partial charge in [-0.25, -0.2) is 28.8 Å². The number of ether oxygens (including phenoxy) is 6. The van der Waals surface area contributed by atoms with Gasteiger partial charge < -0.3 is 33.3 Å². The van der Waals surface area contributed by atoms with Gasteiger partial charge >= 0.3 is 35.8 Å². The molecule has 6 atom stereocenters. The van der Waals surface area contributed by atoms with Gasteiger partial charge in [-0.2, -0.15) is 16.8 Å². The van der Waals surface area contributed by atoms with Gasteiger partial charge in [-0.15, -0.1) is 0 Å². The van der Waals surface area contributed by atoms with E-state index in [1.807, 2.05) is 41.5 Å². The number of rotatable bonds is 25. The number of oxime groups is 1. The topological polar surface area (TPSA) is 283 Å². The maximum atomic E-state index is 13.2. The molecule has 0 aliphatic rings. The molecule has 0 radical (unpaired) electrons. The molecule has 6 aromatic rings. The minimum absolute atomic E-state index is 0.0739. The summed E-state index contributed by atoms with van der Waals surface area (Å²) in [6, 6.07) is 38.2. The molecule has 6 rings (SSSR count). The van der Waals surface area contributed by atoms with Crippen molar-refractivity contribution in [3.05, 3.63) is 212 Å². The molecule has 6 aromatic carbocycles. The smallest absolute Gasteiger partial charge is 0.338 e. The zero-order valence-electron chi connectivity index (χ0n) is 47.3. The van der Waals surface area contributed by atoms with Gasteiger partial charge in [-0.3, -0.25) is 13.2 Å². The van der Waals surface area contributed by atoms with Crippen molar-refractivity contribution in [2.75, 3.05) is 32.8 Å². The third-order valence-corrected chi connectivity index (χ3v) is 13.1. The molecule has 0 N–H and O–H groups in total. The monoisotopic (exact) mass is 1190 g/mol. The Morgan fingerprint density at radius 3 is 0.881 bits per heavy atom. The van der Waals surface area contributed by atoms with Crippen LogP contribution in [0.25, 0.3) is 0 Å². The summed E-state index contributed by atoms with van der Waals surface area (Å²) in [5.74, 6) is -5.23. The zero-order valence-corrected chi connectivity index (χ0v) is 49.0. The van der Waals surface area contributed by atoms with E-state index in [0.29, 0.717) is 0 Å². The van der Waals surface area contributed by atoms with Crippen molar-refractivity contribution < 1.29 is 92.0 Å². The molecule has 0 unspecified atom stereocenters. The maximum Gasteiger partial charge on any atom is 0.338 e. The second-order valence-corrected chi connectivity index (χ2v) is 22.3. The molecule has 0 saturated heterocycles. The second-order valence-electron chi connectivity index (χ2n) is 19.1. The van der Waals surface area contributed by atoms with E-state index in [9.17, 15) is 50.4 Å². The van der Waals surface area contributed by atoms with Crippen LogP contribution in [0.2, 0.25) is 0 Å². The van der Waals surface area contributed by atoms with Gasteiger partial charge in [0.2, 0.25) is 0 Å². The molecule has 0 spiro atoms. The van der Waals surface area contributed by atoms with E-state index in [1.54, 1.807) is 72.8 Å². The standard InChI is InChI=1S/C31H33NO10S.C30H30O10S/c1-20-6-12-23(13-7-20)29(33)39-19-27(42-43(5,36)37)28(41-31(35)25-16-10-22(3)11-17-25)26(18-32-38-4)40-30(34)24-14-8-21(2)9-15-24;1-19-5-11-22(12-6-19)28(32)37-18-26(40-41(4,35)36)27(39-30(34)24-15-9-21(3)10-16-24)25(17-31)38-29(33)23-13-7-20(2)8-14-23/h6-18,26-28H,19H2,1-5H3;5-17,25-27H,18H2,1-4H3/b32-18+;/t26-,27+,28-;25-,26+,27-/m11/s1. The number of carbonyl (C=O) groups is 7. The first-order valence-corrected chi connectivity index (χ1v) is 29.2. The molecule has 21 nitrogen and oxygen atoms in total. The van der Waals surface area contributed by atoms with Crippen LogP contribution >= 0.6 is 0 Å². The average Bonchev–Trinajstić information content (AvgIpc) is 3.65. The lowest BCUT2D eigenvalue weighted by molar-refractivity contribution is -0.128. The quantitative estimate of drug-likeness (QED) is 0.0131. The summed E-state index contributed by atoms with van der Waals surface area (Å²) in [4.78, 5) is 94.7. The van der Waals surface area contributed by atoms with Crippen molar-refractivity contribution in [3.8, 4) is 0 Å². The van der Waals surface area contributed by atoms with E-state index in [1.165, 1.54) is 79.9 Å². The number of carbonyl (C=O) groups excluding carboxylic acids is 7. The third-order valence-electron chi connectivity index (χ3n) is 11.9. The molecule has 0 aliphatic heterocycles. The van der Waals surface area contributed by atoms with Gasteiger partial charge in [0.05, 0.1) is 52.1 Å². The Balaban J connectivity index is 0.000000308. The SMILES string of the molecule is CO/N=C/[C@@H](OC(=O)c1ccc(C)cc1)[C@@H](OC(=O)c1ccc(C)cc1)[C@H](COC(=O)c1ccc(C)cc1)OS(C)(=O)=O.Cc1ccc(C(=O)OC[C@H](OS(C)(=O)=O)[C@H](OC(=O)c2ccc(C)cc2)[C@@H](C=O)OC(=O)c2ccc(C)cc2)cc1. The van der Waals surface area contributed by atoms with Crippen molar-refractivity contribution in [2.24, 2.45) is 5.16 Å². The summed E-state index contributed by atoms with van der Waals surface area (Å²) in [6.07, 6.45) is -7.60. The number of aryl methyl sites for hydroxylation is 6. The molecule has 23 heteroatoms. The Morgan fingerprint density at radius 2 is 0.631 bits per heavy atom. The molecular weight excluding hydrogens is 1130 g/mol. The van der Waals surface area contributed by atoms with Crippen molar-refractivity contribution in [1.82, 2.24) is 0 Å². The molecule has 444 valence electrons. The van der Waals surface area contributed by atoms with Crippen LogP contribution in [0.1, 0.15) is 95.5 Å². The van der Waals surface area contributed by atoms with Crippen molar-refractivity contribution in [1.29, 1.82) is 0 Å². The Bertz CT molecular complexity index is 3480. The Morgan fingerprint density at radius 1 is 0.393 bits per heavy atom. The summed E-state index contributed by atoms with van der Waals surface area (Å²) >= 11 is 0. The highest BCUT2D eigenvalue weighted by molar-refractivity contribution is 7.86. The van der Waals surface area contributed by atoms with Gasteiger partial charge in [0.15, 0.2) is 42.9 Å². The molecule has 84 heavy (non-hydrogen) atoms. The lowest BCUT2D eigenvalue weighted by atomic mass is 10.1. The first-order valence-electron chi connectivity index (χ1n) is 25.6. The molecule has 0 heterocycles. The highest BCUT2D eigenvalue weighted by Crippen LogP contribution is 2.23. The maximum absolute atomic E-state index is 13.2. The summed E-state index contributed by atoms with van der Waals surface area (Å²) < 4.78 is 92.3. The number of aldehydes is 1. The van der Waals surface area contributed by atoms with Crippen LogP contribution in [0.4, 0.5) is 0 Å². The first-order chi connectivity index (χ1) is 39.7. The largest absolute Gasteiger partial charge is 0.459 e. The second kappa shape index (κ2) is 31.0. The van der Waals surface area contributed by atoms with Crippen molar-refractivity contribution in [3.63, 3.8) is 0 Å². The fourth-order valence-corrected chi connectivity index (χ4v) is 8.60. The summed E-state index contributed by atoms with van der Waals surface area (Å²) in [5, 5.41) is 3.67. The predicted molar refractivity (Wildman–Crippen MR) is 305 cm³/mol. The normalized spacial score (nSPS) is 13.4. The number of hydrogen-bond donors (Lipinski definition) is 0. The highest BCUT2D eigenvalue weighted by atomic mass is 32.2. The van der Waals surface area contributed by atoms with Crippen LogP contribution in [-0.4, -0.2) is 135 Å². The van der Waals surface area contributed by atoms with E-state index in [2.05, 4.69) is 5.16 Å². The van der Waals surface area contributed by atoms with Crippen LogP contribution in [0.3, 0.4) is 0 Å². The van der Waals surface area contributed by atoms with E-state index in [-0.39, 0.29) is 39.7 Å². The molecule has 0 fully saturated rings.